The van der Waals surface area contributed by atoms with E-state index >= 15 is 0 Å². The molecule has 1 aromatic carbocycles. The van der Waals surface area contributed by atoms with Crippen LogP contribution >= 0.6 is 0 Å². The van der Waals surface area contributed by atoms with Crippen molar-refractivity contribution in [2.24, 2.45) is 5.73 Å². The highest BCUT2D eigenvalue weighted by Crippen LogP contribution is 2.24. The van der Waals surface area contributed by atoms with E-state index in [2.05, 4.69) is 61.0 Å². The molecule has 19 heavy (non-hydrogen) atoms. The molecule has 0 saturated carbocycles. The van der Waals surface area contributed by atoms with E-state index < -0.39 is 0 Å². The van der Waals surface area contributed by atoms with Crippen LogP contribution in [0.1, 0.15) is 31.9 Å². The average Bonchev–Trinajstić information content (AvgIpc) is 2.42. The fraction of sp³-hybridized carbons (Fsp3) is 0.625. The highest BCUT2D eigenvalue weighted by atomic mass is 15.3. The Morgan fingerprint density at radius 2 is 1.95 bits per heavy atom. The maximum Gasteiger partial charge on any atom is 0.0453 e. The number of nitrogens with zero attached hydrogens (tertiary/aromatic N) is 2. The molecule has 3 unspecified atom stereocenters. The van der Waals surface area contributed by atoms with Gasteiger partial charge in [0.25, 0.3) is 0 Å². The monoisotopic (exact) mass is 261 g/mol. The molecule has 0 spiro atoms. The van der Waals surface area contributed by atoms with Crippen molar-refractivity contribution in [2.75, 3.05) is 26.7 Å². The molecule has 1 saturated heterocycles. The van der Waals surface area contributed by atoms with Gasteiger partial charge in [-0.1, -0.05) is 37.3 Å². The third-order valence-corrected chi connectivity index (χ3v) is 4.33. The van der Waals surface area contributed by atoms with Gasteiger partial charge in [0.1, 0.15) is 0 Å². The second-order valence-corrected chi connectivity index (χ2v) is 5.76. The van der Waals surface area contributed by atoms with Crippen molar-refractivity contribution in [3.8, 4) is 0 Å². The predicted molar refractivity (Wildman–Crippen MR) is 81.1 cm³/mol. The first kappa shape index (κ1) is 14.5. The zero-order chi connectivity index (χ0) is 13.8. The lowest BCUT2D eigenvalue weighted by atomic mass is 9.95. The van der Waals surface area contributed by atoms with Crippen LogP contribution in [-0.2, 0) is 0 Å². The van der Waals surface area contributed by atoms with Crippen molar-refractivity contribution in [1.29, 1.82) is 0 Å². The smallest absolute Gasteiger partial charge is 0.0453 e. The molecule has 1 aromatic rings. The van der Waals surface area contributed by atoms with Gasteiger partial charge in [0.05, 0.1) is 0 Å². The average molecular weight is 261 g/mol. The summed E-state index contributed by atoms with van der Waals surface area (Å²) in [4.78, 5) is 5.00. The number of hydrogen-bond acceptors (Lipinski definition) is 3. The number of nitrogens with two attached hydrogens (primary N) is 1. The van der Waals surface area contributed by atoms with E-state index in [-0.39, 0.29) is 6.04 Å². The van der Waals surface area contributed by atoms with Gasteiger partial charge in [-0.05, 0) is 26.0 Å². The van der Waals surface area contributed by atoms with Crippen LogP contribution in [-0.4, -0.2) is 48.6 Å². The Hall–Kier alpha value is -0.900. The minimum atomic E-state index is 0.108. The summed E-state index contributed by atoms with van der Waals surface area (Å²) in [5.41, 5.74) is 7.77. The van der Waals surface area contributed by atoms with Crippen LogP contribution in [0.4, 0.5) is 0 Å². The lowest BCUT2D eigenvalue weighted by molar-refractivity contribution is 0.0485. The second-order valence-electron chi connectivity index (χ2n) is 5.76. The first-order valence-corrected chi connectivity index (χ1v) is 7.38. The van der Waals surface area contributed by atoms with E-state index in [1.165, 1.54) is 5.56 Å². The van der Waals surface area contributed by atoms with Gasteiger partial charge in [-0.2, -0.15) is 0 Å². The SMILES string of the molecule is CCC(C(N)c1ccccc1)N1CCN(C)CC1C. The highest BCUT2D eigenvalue weighted by Gasteiger charge is 2.31. The molecular weight excluding hydrogens is 234 g/mol. The summed E-state index contributed by atoms with van der Waals surface area (Å²) >= 11 is 0. The Bertz CT molecular complexity index is 379. The van der Waals surface area contributed by atoms with Crippen LogP contribution in [0.15, 0.2) is 30.3 Å². The molecule has 2 rings (SSSR count). The quantitative estimate of drug-likeness (QED) is 0.901. The first-order chi connectivity index (χ1) is 9.13. The summed E-state index contributed by atoms with van der Waals surface area (Å²) in [7, 11) is 2.20. The Labute approximate surface area is 117 Å². The zero-order valence-corrected chi connectivity index (χ0v) is 12.4. The molecule has 0 aromatic heterocycles. The Balaban J connectivity index is 2.11. The summed E-state index contributed by atoms with van der Waals surface area (Å²) in [6, 6.07) is 11.6. The third-order valence-electron chi connectivity index (χ3n) is 4.33. The fourth-order valence-corrected chi connectivity index (χ4v) is 3.24. The predicted octanol–water partition coefficient (Wildman–Crippen LogP) is 2.10. The van der Waals surface area contributed by atoms with Gasteiger partial charge in [-0.25, -0.2) is 0 Å². The standard InChI is InChI=1S/C16H27N3/c1-4-15(16(17)14-8-6-5-7-9-14)19-11-10-18(3)12-13(19)2/h5-9,13,15-16H,4,10-12,17H2,1-3H3. The lowest BCUT2D eigenvalue weighted by Crippen LogP contribution is -2.56. The molecule has 0 aliphatic carbocycles. The van der Waals surface area contributed by atoms with E-state index in [1.807, 2.05) is 0 Å². The summed E-state index contributed by atoms with van der Waals surface area (Å²) in [5, 5.41) is 0. The Morgan fingerprint density at radius 3 is 2.53 bits per heavy atom. The molecule has 1 aliphatic rings. The van der Waals surface area contributed by atoms with Crippen molar-refractivity contribution in [1.82, 2.24) is 9.80 Å². The molecule has 106 valence electrons. The van der Waals surface area contributed by atoms with Crippen LogP contribution < -0.4 is 5.73 Å². The summed E-state index contributed by atoms with van der Waals surface area (Å²) in [5.74, 6) is 0. The minimum Gasteiger partial charge on any atom is -0.323 e. The molecular formula is C16H27N3. The lowest BCUT2D eigenvalue weighted by Gasteiger charge is -2.44. The number of hydrogen-bond donors (Lipinski definition) is 1. The molecule has 0 bridgehead atoms. The fourth-order valence-electron chi connectivity index (χ4n) is 3.24. The molecule has 1 heterocycles. The second kappa shape index (κ2) is 6.51. The number of rotatable bonds is 4. The normalized spacial score (nSPS) is 25.2. The molecule has 3 nitrogen and oxygen atoms in total. The van der Waals surface area contributed by atoms with Gasteiger partial charge >= 0.3 is 0 Å². The number of benzene rings is 1. The van der Waals surface area contributed by atoms with Crippen molar-refractivity contribution >= 4 is 0 Å². The van der Waals surface area contributed by atoms with Gasteiger partial charge in [-0.3, -0.25) is 4.90 Å². The van der Waals surface area contributed by atoms with Crippen molar-refractivity contribution in [3.63, 3.8) is 0 Å². The van der Waals surface area contributed by atoms with E-state index in [9.17, 15) is 0 Å². The molecule has 1 fully saturated rings. The Kier molecular flexibility index (Phi) is 4.97. The molecule has 0 radical (unpaired) electrons. The van der Waals surface area contributed by atoms with Gasteiger partial charge < -0.3 is 10.6 Å². The topological polar surface area (TPSA) is 32.5 Å². The van der Waals surface area contributed by atoms with Crippen LogP contribution in [0.25, 0.3) is 0 Å². The maximum atomic E-state index is 6.52. The highest BCUT2D eigenvalue weighted by molar-refractivity contribution is 5.20. The van der Waals surface area contributed by atoms with E-state index in [0.717, 1.165) is 26.1 Å². The molecule has 1 aliphatic heterocycles. The first-order valence-electron chi connectivity index (χ1n) is 7.38. The third kappa shape index (κ3) is 3.35. The van der Waals surface area contributed by atoms with Crippen molar-refractivity contribution < 1.29 is 0 Å². The van der Waals surface area contributed by atoms with Gasteiger partial charge in [0, 0.05) is 37.8 Å². The van der Waals surface area contributed by atoms with Gasteiger partial charge in [-0.15, -0.1) is 0 Å². The van der Waals surface area contributed by atoms with E-state index in [1.54, 1.807) is 0 Å². The summed E-state index contributed by atoms with van der Waals surface area (Å²) in [6.07, 6.45) is 1.10. The largest absolute Gasteiger partial charge is 0.323 e. The van der Waals surface area contributed by atoms with Crippen LogP contribution in [0.2, 0.25) is 0 Å². The van der Waals surface area contributed by atoms with Crippen molar-refractivity contribution in [2.45, 2.75) is 38.4 Å². The summed E-state index contributed by atoms with van der Waals surface area (Å²) < 4.78 is 0. The number of piperazine rings is 1. The van der Waals surface area contributed by atoms with Crippen LogP contribution in [0.5, 0.6) is 0 Å². The minimum absolute atomic E-state index is 0.108. The van der Waals surface area contributed by atoms with Gasteiger partial charge in [0.15, 0.2) is 0 Å². The van der Waals surface area contributed by atoms with E-state index in [4.69, 9.17) is 5.73 Å². The Morgan fingerprint density at radius 1 is 1.26 bits per heavy atom. The molecule has 3 atom stereocenters. The number of likely N-dealkylation sites (N-methyl/N-ethyl adjacent to an activating group) is 1. The molecule has 2 N–H and O–H groups in total. The van der Waals surface area contributed by atoms with Crippen LogP contribution in [0.3, 0.4) is 0 Å². The van der Waals surface area contributed by atoms with Crippen LogP contribution in [0, 0.1) is 0 Å². The zero-order valence-electron chi connectivity index (χ0n) is 12.4. The molecule has 0 amide bonds. The van der Waals surface area contributed by atoms with Gasteiger partial charge in [0.2, 0.25) is 0 Å². The van der Waals surface area contributed by atoms with Crippen molar-refractivity contribution in [3.05, 3.63) is 35.9 Å². The maximum absolute atomic E-state index is 6.52. The van der Waals surface area contributed by atoms with E-state index in [0.29, 0.717) is 12.1 Å². The molecule has 3 heteroatoms. The summed E-state index contributed by atoms with van der Waals surface area (Å²) in [6.45, 7) is 7.96.